The van der Waals surface area contributed by atoms with Crippen molar-refractivity contribution in [3.63, 3.8) is 0 Å². The lowest BCUT2D eigenvalue weighted by Crippen LogP contribution is -2.20. The lowest BCUT2D eigenvalue weighted by molar-refractivity contribution is 0.664. The van der Waals surface area contributed by atoms with Gasteiger partial charge in [0, 0.05) is 18.9 Å². The van der Waals surface area contributed by atoms with E-state index in [9.17, 15) is 4.79 Å². The van der Waals surface area contributed by atoms with Crippen LogP contribution in [-0.2, 0) is 7.05 Å². The van der Waals surface area contributed by atoms with Crippen LogP contribution < -0.4 is 5.56 Å². The van der Waals surface area contributed by atoms with Crippen LogP contribution >= 0.6 is 0 Å². The quantitative estimate of drug-likeness (QED) is 0.404. The number of hydrogen-bond acceptors (Lipinski definition) is 1. The fourth-order valence-corrected chi connectivity index (χ4v) is 4.12. The van der Waals surface area contributed by atoms with Crippen molar-refractivity contribution in [2.75, 3.05) is 0 Å². The summed E-state index contributed by atoms with van der Waals surface area (Å²) in [5.74, 6) is 0. The van der Waals surface area contributed by atoms with Crippen molar-refractivity contribution in [1.29, 1.82) is 0 Å². The van der Waals surface area contributed by atoms with Crippen molar-refractivity contribution < 1.29 is 0 Å². The van der Waals surface area contributed by atoms with E-state index in [4.69, 9.17) is 0 Å². The van der Waals surface area contributed by atoms with Crippen LogP contribution in [0.25, 0.3) is 33.5 Å². The highest BCUT2D eigenvalue weighted by Crippen LogP contribution is 2.32. The van der Waals surface area contributed by atoms with Crippen molar-refractivity contribution in [1.82, 2.24) is 13.9 Å². The maximum Gasteiger partial charge on any atom is 0.281 e. The van der Waals surface area contributed by atoms with Crippen molar-refractivity contribution in [2.45, 2.75) is 13.8 Å². The van der Waals surface area contributed by atoms with Gasteiger partial charge in [-0.05, 0) is 54.8 Å². The molecule has 2 aromatic heterocycles. The number of para-hydroxylation sites is 1. The first kappa shape index (κ1) is 18.3. The number of aryl methyl sites for hydroxylation is 3. The number of nitrogens with zero attached hydrogens (tertiary/aromatic N) is 3. The third kappa shape index (κ3) is 2.72. The number of aromatic nitrogens is 3. The van der Waals surface area contributed by atoms with E-state index >= 15 is 0 Å². The Balaban J connectivity index is 1.87. The third-order valence-corrected chi connectivity index (χ3v) is 5.86. The predicted octanol–water partition coefficient (Wildman–Crippen LogP) is 5.40. The van der Waals surface area contributed by atoms with E-state index in [1.54, 1.807) is 4.68 Å². The number of fused-ring (bicyclic) bond motifs is 1. The molecule has 4 nitrogen and oxygen atoms in total. The smallest absolute Gasteiger partial charge is 0.281 e. The molecule has 0 N–H and O–H groups in total. The summed E-state index contributed by atoms with van der Waals surface area (Å²) in [7, 11) is 1.94. The van der Waals surface area contributed by atoms with Gasteiger partial charge in [-0.1, -0.05) is 54.6 Å². The Kier molecular flexibility index (Phi) is 4.21. The molecule has 0 saturated heterocycles. The number of rotatable bonds is 3. The predicted molar refractivity (Wildman–Crippen MR) is 123 cm³/mol. The molecule has 0 aliphatic heterocycles. The highest BCUT2D eigenvalue weighted by atomic mass is 16.1. The Hall–Kier alpha value is -3.79. The summed E-state index contributed by atoms with van der Waals surface area (Å²) in [6, 6.07) is 26.3. The van der Waals surface area contributed by atoms with Crippen LogP contribution in [0.15, 0.2) is 89.9 Å². The molecule has 0 aliphatic carbocycles. The molecule has 4 heteroatoms. The molecule has 0 bridgehead atoms. The Labute approximate surface area is 175 Å². The molecule has 5 rings (SSSR count). The highest BCUT2D eigenvalue weighted by molar-refractivity contribution is 5.95. The SMILES string of the molecule is Cc1ccc(-n2cc3c(c2-c2ccccc2)c(=O)n(-c2ccccc2)n3C)cc1C. The van der Waals surface area contributed by atoms with Crippen molar-refractivity contribution >= 4 is 10.9 Å². The summed E-state index contributed by atoms with van der Waals surface area (Å²) in [6.45, 7) is 4.23. The second kappa shape index (κ2) is 6.92. The summed E-state index contributed by atoms with van der Waals surface area (Å²) in [6.07, 6.45) is 2.07. The van der Waals surface area contributed by atoms with E-state index in [-0.39, 0.29) is 5.56 Å². The molecule has 0 fully saturated rings. The first-order valence-electron chi connectivity index (χ1n) is 10.1. The van der Waals surface area contributed by atoms with Gasteiger partial charge in [-0.15, -0.1) is 0 Å². The Morgan fingerprint density at radius 2 is 1.40 bits per heavy atom. The minimum Gasteiger partial charge on any atom is -0.314 e. The summed E-state index contributed by atoms with van der Waals surface area (Å²) in [5, 5.41) is 0.728. The zero-order valence-electron chi connectivity index (χ0n) is 17.3. The van der Waals surface area contributed by atoms with Crippen LogP contribution in [0.1, 0.15) is 11.1 Å². The van der Waals surface area contributed by atoms with Gasteiger partial charge in [-0.2, -0.15) is 0 Å². The van der Waals surface area contributed by atoms with Gasteiger partial charge in [0.1, 0.15) is 0 Å². The van der Waals surface area contributed by atoms with Crippen molar-refractivity contribution in [2.24, 2.45) is 7.05 Å². The standard InChI is InChI=1S/C26H23N3O/c1-18-14-15-22(16-19(18)2)28-17-23-24(25(28)20-10-6-4-7-11-20)26(30)29(27(23)3)21-12-8-5-9-13-21/h4-17H,1-3H3. The summed E-state index contributed by atoms with van der Waals surface area (Å²) >= 11 is 0. The molecule has 3 aromatic carbocycles. The lowest BCUT2D eigenvalue weighted by Gasteiger charge is -2.12. The summed E-state index contributed by atoms with van der Waals surface area (Å²) in [5.41, 5.74) is 7.23. The van der Waals surface area contributed by atoms with E-state index in [1.807, 2.05) is 60.3 Å². The molecule has 5 aromatic rings. The fraction of sp³-hybridized carbons (Fsp3) is 0.115. The Bertz CT molecular complexity index is 1420. The first-order chi connectivity index (χ1) is 14.6. The topological polar surface area (TPSA) is 31.9 Å². The molecule has 30 heavy (non-hydrogen) atoms. The average Bonchev–Trinajstić information content (AvgIpc) is 3.27. The molecule has 148 valence electrons. The van der Waals surface area contributed by atoms with Gasteiger partial charge in [0.2, 0.25) is 0 Å². The number of benzene rings is 3. The van der Waals surface area contributed by atoms with Gasteiger partial charge >= 0.3 is 0 Å². The number of hydrogen-bond donors (Lipinski definition) is 0. The molecule has 0 spiro atoms. The second-order valence-electron chi connectivity index (χ2n) is 7.72. The molecular formula is C26H23N3O. The minimum atomic E-state index is -0.0138. The van der Waals surface area contributed by atoms with Crippen LogP contribution in [0.2, 0.25) is 0 Å². The zero-order valence-corrected chi connectivity index (χ0v) is 17.3. The van der Waals surface area contributed by atoms with E-state index < -0.39 is 0 Å². The van der Waals surface area contributed by atoms with Gasteiger partial charge in [-0.25, -0.2) is 4.68 Å². The monoisotopic (exact) mass is 393 g/mol. The maximum atomic E-state index is 13.6. The highest BCUT2D eigenvalue weighted by Gasteiger charge is 2.22. The lowest BCUT2D eigenvalue weighted by atomic mass is 10.1. The summed E-state index contributed by atoms with van der Waals surface area (Å²) < 4.78 is 5.82. The van der Waals surface area contributed by atoms with Gasteiger partial charge in [0.15, 0.2) is 0 Å². The fourth-order valence-electron chi connectivity index (χ4n) is 4.12. The third-order valence-electron chi connectivity index (χ3n) is 5.86. The van der Waals surface area contributed by atoms with Crippen LogP contribution in [0.5, 0.6) is 0 Å². The van der Waals surface area contributed by atoms with Crippen molar-refractivity contribution in [3.8, 4) is 22.6 Å². The maximum absolute atomic E-state index is 13.6. The van der Waals surface area contributed by atoms with Gasteiger partial charge < -0.3 is 4.57 Å². The molecule has 0 amide bonds. The molecule has 0 aliphatic rings. The van der Waals surface area contributed by atoms with Crippen LogP contribution in [0.4, 0.5) is 0 Å². The molecular weight excluding hydrogens is 370 g/mol. The van der Waals surface area contributed by atoms with Crippen LogP contribution in [0, 0.1) is 13.8 Å². The molecule has 0 atom stereocenters. The first-order valence-corrected chi connectivity index (χ1v) is 10.1. The average molecular weight is 393 g/mol. The summed E-state index contributed by atoms with van der Waals surface area (Å²) in [4.78, 5) is 13.6. The van der Waals surface area contributed by atoms with E-state index in [1.165, 1.54) is 11.1 Å². The van der Waals surface area contributed by atoms with Gasteiger partial charge in [0.25, 0.3) is 5.56 Å². The zero-order chi connectivity index (χ0) is 20.8. The second-order valence-corrected chi connectivity index (χ2v) is 7.72. The molecule has 0 radical (unpaired) electrons. The Morgan fingerprint density at radius 3 is 2.07 bits per heavy atom. The molecule has 2 heterocycles. The minimum absolute atomic E-state index is 0.0138. The van der Waals surface area contributed by atoms with E-state index in [0.29, 0.717) is 0 Å². The Morgan fingerprint density at radius 1 is 0.733 bits per heavy atom. The molecule has 0 unspecified atom stereocenters. The van der Waals surface area contributed by atoms with Crippen LogP contribution in [-0.4, -0.2) is 13.9 Å². The van der Waals surface area contributed by atoms with E-state index in [2.05, 4.69) is 54.9 Å². The van der Waals surface area contributed by atoms with Gasteiger partial charge in [-0.3, -0.25) is 9.48 Å². The van der Waals surface area contributed by atoms with E-state index in [0.717, 1.165) is 33.5 Å². The normalized spacial score (nSPS) is 11.3. The largest absolute Gasteiger partial charge is 0.314 e. The van der Waals surface area contributed by atoms with Gasteiger partial charge in [0.05, 0.1) is 22.3 Å². The van der Waals surface area contributed by atoms with Crippen LogP contribution in [0.3, 0.4) is 0 Å². The molecule has 0 saturated carbocycles. The van der Waals surface area contributed by atoms with Crippen molar-refractivity contribution in [3.05, 3.63) is 107 Å².